The number of nitrogens with zero attached hydrogens (tertiary/aromatic N) is 3. The van der Waals surface area contributed by atoms with Gasteiger partial charge in [-0.1, -0.05) is 6.92 Å². The Morgan fingerprint density at radius 1 is 1.32 bits per heavy atom. The fourth-order valence-electron chi connectivity index (χ4n) is 3.09. The zero-order valence-corrected chi connectivity index (χ0v) is 14.9. The Labute approximate surface area is 147 Å². The van der Waals surface area contributed by atoms with Crippen LogP contribution in [0, 0.1) is 5.92 Å². The first-order chi connectivity index (χ1) is 11.7. The predicted octanol–water partition coefficient (Wildman–Crippen LogP) is -0.999. The van der Waals surface area contributed by atoms with Crippen molar-refractivity contribution >= 4 is 23.9 Å². The van der Waals surface area contributed by atoms with Crippen LogP contribution >= 0.6 is 0 Å². The van der Waals surface area contributed by atoms with Gasteiger partial charge in [0.1, 0.15) is 6.04 Å². The minimum Gasteiger partial charge on any atom is -0.465 e. The van der Waals surface area contributed by atoms with Crippen molar-refractivity contribution in [2.24, 2.45) is 22.4 Å². The van der Waals surface area contributed by atoms with Gasteiger partial charge in [0.25, 0.3) is 0 Å². The highest BCUT2D eigenvalue weighted by atomic mass is 16.4. The molecule has 1 fully saturated rings. The summed E-state index contributed by atoms with van der Waals surface area (Å²) < 4.78 is 0. The van der Waals surface area contributed by atoms with Crippen molar-refractivity contribution in [3.05, 3.63) is 0 Å². The van der Waals surface area contributed by atoms with E-state index in [1.54, 1.807) is 4.90 Å². The van der Waals surface area contributed by atoms with Gasteiger partial charge in [0.2, 0.25) is 11.8 Å². The Hall–Kier alpha value is -2.52. The minimum absolute atomic E-state index is 0.0666. The number of nitrogens with one attached hydrogen (secondary N) is 1. The fourth-order valence-corrected chi connectivity index (χ4v) is 3.09. The molecule has 3 atom stereocenters. The highest BCUT2D eigenvalue weighted by Gasteiger charge is 2.44. The Morgan fingerprint density at radius 3 is 2.40 bits per heavy atom. The van der Waals surface area contributed by atoms with E-state index in [1.807, 2.05) is 13.8 Å². The summed E-state index contributed by atoms with van der Waals surface area (Å²) in [7, 11) is 0. The smallest absolute Gasteiger partial charge is 0.407 e. The topological polar surface area (TPSA) is 154 Å². The second-order valence-electron chi connectivity index (χ2n) is 6.07. The van der Waals surface area contributed by atoms with E-state index >= 15 is 0 Å². The number of carbonyl (C=O) groups is 3. The molecule has 1 saturated heterocycles. The second-order valence-corrected chi connectivity index (χ2v) is 6.07. The summed E-state index contributed by atoms with van der Waals surface area (Å²) in [5.74, 6) is -1.35. The van der Waals surface area contributed by atoms with Crippen LogP contribution in [0.15, 0.2) is 4.99 Å². The molecular formula is C15H28N6O4. The standard InChI is InChI=1S/C15H28N6O4/c1-4-6-20(5-2)13(23)12(18-9(3)22)10-7-21(15(24)25)8-11(10)19-14(16)17/h10-12H,4-8H2,1-3H3,(H,18,22)(H,24,25)(H4,16,17,19)/t10-,11-,12?/m0/s1. The molecule has 6 N–H and O–H groups in total. The molecule has 1 aliphatic heterocycles. The third-order valence-electron chi connectivity index (χ3n) is 4.16. The molecule has 3 amide bonds. The van der Waals surface area contributed by atoms with Gasteiger partial charge in [-0.25, -0.2) is 9.79 Å². The molecular weight excluding hydrogens is 328 g/mol. The van der Waals surface area contributed by atoms with Gasteiger partial charge in [-0.3, -0.25) is 9.59 Å². The lowest BCUT2D eigenvalue weighted by atomic mass is 9.93. The highest BCUT2D eigenvalue weighted by molar-refractivity contribution is 5.87. The van der Waals surface area contributed by atoms with Crippen molar-refractivity contribution in [1.82, 2.24) is 15.1 Å². The quantitative estimate of drug-likeness (QED) is 0.339. The monoisotopic (exact) mass is 356 g/mol. The van der Waals surface area contributed by atoms with E-state index < -0.39 is 24.1 Å². The molecule has 10 nitrogen and oxygen atoms in total. The van der Waals surface area contributed by atoms with Gasteiger partial charge in [-0.05, 0) is 13.3 Å². The molecule has 0 aromatic heterocycles. The maximum Gasteiger partial charge on any atom is 0.407 e. The molecule has 0 saturated carbocycles. The van der Waals surface area contributed by atoms with Crippen LogP contribution in [0.2, 0.25) is 0 Å². The van der Waals surface area contributed by atoms with Crippen molar-refractivity contribution < 1.29 is 19.5 Å². The largest absolute Gasteiger partial charge is 0.465 e. The van der Waals surface area contributed by atoms with Crippen LogP contribution in [-0.2, 0) is 9.59 Å². The molecule has 142 valence electrons. The number of likely N-dealkylation sites (tertiary alicyclic amines) is 1. The molecule has 0 bridgehead atoms. The second kappa shape index (κ2) is 9.09. The lowest BCUT2D eigenvalue weighted by Crippen LogP contribution is -2.54. The number of amides is 3. The average molecular weight is 356 g/mol. The number of nitrogens with two attached hydrogens (primary N) is 2. The molecule has 1 aliphatic rings. The summed E-state index contributed by atoms with van der Waals surface area (Å²) in [5, 5.41) is 11.9. The predicted molar refractivity (Wildman–Crippen MR) is 92.8 cm³/mol. The van der Waals surface area contributed by atoms with Crippen LogP contribution in [0.5, 0.6) is 0 Å². The molecule has 1 heterocycles. The Balaban J connectivity index is 3.16. The number of likely N-dealkylation sites (N-methyl/N-ethyl adjacent to an activating group) is 1. The van der Waals surface area contributed by atoms with Crippen molar-refractivity contribution in [2.75, 3.05) is 26.2 Å². The fraction of sp³-hybridized carbons (Fsp3) is 0.733. The first-order valence-electron chi connectivity index (χ1n) is 8.33. The van der Waals surface area contributed by atoms with Crippen LogP contribution in [-0.4, -0.2) is 77.0 Å². The van der Waals surface area contributed by atoms with Gasteiger partial charge in [-0.2, -0.15) is 0 Å². The number of hydrogen-bond acceptors (Lipinski definition) is 4. The summed E-state index contributed by atoms with van der Waals surface area (Å²) in [5.41, 5.74) is 10.9. The summed E-state index contributed by atoms with van der Waals surface area (Å²) in [6.45, 7) is 6.30. The van der Waals surface area contributed by atoms with Crippen LogP contribution in [0.25, 0.3) is 0 Å². The Kier molecular flexibility index (Phi) is 7.46. The van der Waals surface area contributed by atoms with Gasteiger partial charge in [-0.15, -0.1) is 0 Å². The van der Waals surface area contributed by atoms with E-state index in [0.717, 1.165) is 11.3 Å². The molecule has 1 unspecified atom stereocenters. The summed E-state index contributed by atoms with van der Waals surface area (Å²) >= 11 is 0. The number of carboxylic acid groups (broad SMARTS) is 1. The van der Waals surface area contributed by atoms with Crippen LogP contribution in [0.4, 0.5) is 4.79 Å². The number of guanidine groups is 1. The number of aliphatic imine (C=N–C) groups is 1. The van der Waals surface area contributed by atoms with E-state index in [4.69, 9.17) is 11.5 Å². The first-order valence-corrected chi connectivity index (χ1v) is 8.33. The SMILES string of the molecule is CCCN(CC)C(=O)C(NC(C)=O)[C@H]1CN(C(=O)O)C[C@@H]1N=C(N)N. The molecule has 1 rings (SSSR count). The van der Waals surface area contributed by atoms with E-state index in [0.29, 0.717) is 13.1 Å². The van der Waals surface area contributed by atoms with Crippen molar-refractivity contribution in [2.45, 2.75) is 39.3 Å². The number of carbonyl (C=O) groups excluding carboxylic acids is 2. The summed E-state index contributed by atoms with van der Waals surface area (Å²) in [6, 6.07) is -1.48. The van der Waals surface area contributed by atoms with Crippen molar-refractivity contribution in [3.8, 4) is 0 Å². The zero-order valence-electron chi connectivity index (χ0n) is 14.9. The Bertz CT molecular complexity index is 534. The molecule has 10 heteroatoms. The maximum absolute atomic E-state index is 12.9. The van der Waals surface area contributed by atoms with E-state index in [2.05, 4.69) is 10.3 Å². The highest BCUT2D eigenvalue weighted by Crippen LogP contribution is 2.25. The molecule has 25 heavy (non-hydrogen) atoms. The van der Waals surface area contributed by atoms with Crippen LogP contribution in [0.1, 0.15) is 27.2 Å². The molecule has 0 aliphatic carbocycles. The van der Waals surface area contributed by atoms with Gasteiger partial charge in [0, 0.05) is 39.0 Å². The maximum atomic E-state index is 12.9. The lowest BCUT2D eigenvalue weighted by Gasteiger charge is -2.31. The number of rotatable bonds is 7. The zero-order chi connectivity index (χ0) is 19.1. The van der Waals surface area contributed by atoms with Gasteiger partial charge >= 0.3 is 6.09 Å². The normalized spacial score (nSPS) is 20.7. The van der Waals surface area contributed by atoms with Crippen molar-refractivity contribution in [1.29, 1.82) is 0 Å². The third-order valence-corrected chi connectivity index (χ3v) is 4.16. The molecule has 0 aromatic rings. The Morgan fingerprint density at radius 2 is 1.96 bits per heavy atom. The lowest BCUT2D eigenvalue weighted by molar-refractivity contribution is -0.137. The minimum atomic E-state index is -1.12. The van der Waals surface area contributed by atoms with Crippen LogP contribution in [0.3, 0.4) is 0 Å². The van der Waals surface area contributed by atoms with Crippen LogP contribution < -0.4 is 16.8 Å². The van der Waals surface area contributed by atoms with Gasteiger partial charge in [0.05, 0.1) is 6.04 Å². The van der Waals surface area contributed by atoms with Gasteiger partial charge in [0.15, 0.2) is 5.96 Å². The van der Waals surface area contributed by atoms with Crippen molar-refractivity contribution in [3.63, 3.8) is 0 Å². The molecule has 0 radical (unpaired) electrons. The first kappa shape index (κ1) is 20.5. The van der Waals surface area contributed by atoms with E-state index in [1.165, 1.54) is 6.92 Å². The average Bonchev–Trinajstić information content (AvgIpc) is 2.92. The summed E-state index contributed by atoms with van der Waals surface area (Å²) in [6.07, 6.45) is -0.344. The molecule has 0 aromatic carbocycles. The third kappa shape index (κ3) is 5.50. The van der Waals surface area contributed by atoms with E-state index in [-0.39, 0.29) is 30.9 Å². The summed E-state index contributed by atoms with van der Waals surface area (Å²) in [4.78, 5) is 42.7. The van der Waals surface area contributed by atoms with Gasteiger partial charge < -0.3 is 31.7 Å². The molecule has 0 spiro atoms. The van der Waals surface area contributed by atoms with E-state index in [9.17, 15) is 19.5 Å². The number of hydrogen-bond donors (Lipinski definition) is 4.